The topological polar surface area (TPSA) is 61.5 Å². The summed E-state index contributed by atoms with van der Waals surface area (Å²) in [7, 11) is 0. The number of ether oxygens (including phenoxy) is 1. The summed E-state index contributed by atoms with van der Waals surface area (Å²) >= 11 is 0. The zero-order chi connectivity index (χ0) is 20.6. The molecule has 6 nitrogen and oxygen atoms in total. The van der Waals surface area contributed by atoms with Crippen LogP contribution < -0.4 is 4.90 Å². The molecule has 2 amide bonds. The van der Waals surface area contributed by atoms with Crippen molar-refractivity contribution in [2.75, 3.05) is 24.7 Å². The monoisotopic (exact) mass is 406 g/mol. The van der Waals surface area contributed by atoms with Gasteiger partial charge in [0.25, 0.3) is 0 Å². The Hall–Kier alpha value is -3.19. The predicted molar refractivity (Wildman–Crippen MR) is 111 cm³/mol. The molecular weight excluding hydrogens is 383 g/mol. The molecule has 1 spiro atoms. The minimum absolute atomic E-state index is 0.0442. The highest BCUT2D eigenvalue weighted by atomic mass is 19.1. The molecule has 2 aromatic carbocycles. The van der Waals surface area contributed by atoms with E-state index in [1.807, 2.05) is 46.3 Å². The number of carbonyl (C=O) groups is 1. The van der Waals surface area contributed by atoms with Crippen LogP contribution in [-0.4, -0.2) is 46.4 Å². The van der Waals surface area contributed by atoms with Crippen LogP contribution in [0.25, 0.3) is 11.1 Å². The normalized spacial score (nSPS) is 18.4. The number of carbonyl (C=O) groups excluding carboxylic acids is 1. The molecule has 2 fully saturated rings. The molecule has 5 rings (SSSR count). The Bertz CT molecular complexity index is 1030. The van der Waals surface area contributed by atoms with Gasteiger partial charge in [0.2, 0.25) is 0 Å². The van der Waals surface area contributed by atoms with Gasteiger partial charge in [0, 0.05) is 37.2 Å². The lowest BCUT2D eigenvalue weighted by molar-refractivity contribution is 0.00609. The van der Waals surface area contributed by atoms with Crippen LogP contribution >= 0.6 is 0 Å². The van der Waals surface area contributed by atoms with Crippen molar-refractivity contribution >= 4 is 11.7 Å². The lowest BCUT2D eigenvalue weighted by Gasteiger charge is -2.39. The zero-order valence-electron chi connectivity index (χ0n) is 16.6. The number of hydrogen-bond acceptors (Lipinski definition) is 3. The summed E-state index contributed by atoms with van der Waals surface area (Å²) in [5.74, 6) is -0.285. The van der Waals surface area contributed by atoms with E-state index >= 15 is 0 Å². The second-order valence-electron chi connectivity index (χ2n) is 7.96. The Morgan fingerprint density at radius 3 is 2.60 bits per heavy atom. The fourth-order valence-electron chi connectivity index (χ4n) is 4.47. The number of nitrogens with one attached hydrogen (secondary N) is 1. The average molecular weight is 406 g/mol. The Balaban J connectivity index is 1.44. The first-order valence-corrected chi connectivity index (χ1v) is 10.2. The number of aromatic amines is 1. The maximum atomic E-state index is 13.7. The molecule has 0 bridgehead atoms. The van der Waals surface area contributed by atoms with Crippen molar-refractivity contribution in [3.05, 3.63) is 72.3 Å². The standard InChI is InChI=1S/C23H23FN4O2/c24-20-3-1-2-17(12-20)15-28-22(29)27(16-23(28)8-10-30-11-9-23)21-6-4-18(5-7-21)19-13-25-26-14-19/h1-7,12-14H,8-11,15-16H2,(H,25,26). The third-order valence-corrected chi connectivity index (χ3v) is 6.15. The second-order valence-corrected chi connectivity index (χ2v) is 7.96. The maximum Gasteiger partial charge on any atom is 0.325 e. The minimum Gasteiger partial charge on any atom is -0.381 e. The number of aromatic nitrogens is 2. The van der Waals surface area contributed by atoms with Gasteiger partial charge in [0.1, 0.15) is 5.82 Å². The first kappa shape index (κ1) is 18.8. The minimum atomic E-state index is -0.301. The van der Waals surface area contributed by atoms with Gasteiger partial charge in [0.15, 0.2) is 0 Å². The molecule has 0 radical (unpaired) electrons. The molecule has 0 saturated carbocycles. The Morgan fingerprint density at radius 2 is 1.90 bits per heavy atom. The first-order chi connectivity index (χ1) is 14.6. The number of H-pyrrole nitrogens is 1. The Morgan fingerprint density at radius 1 is 1.10 bits per heavy atom. The zero-order valence-corrected chi connectivity index (χ0v) is 16.6. The van der Waals surface area contributed by atoms with Crippen LogP contribution in [0.15, 0.2) is 60.9 Å². The number of rotatable bonds is 4. The van der Waals surface area contributed by atoms with E-state index in [0.29, 0.717) is 26.3 Å². The van der Waals surface area contributed by atoms with Crippen molar-refractivity contribution in [2.24, 2.45) is 0 Å². The van der Waals surface area contributed by atoms with Gasteiger partial charge < -0.3 is 9.64 Å². The van der Waals surface area contributed by atoms with Gasteiger partial charge in [-0.25, -0.2) is 9.18 Å². The van der Waals surface area contributed by atoms with E-state index in [4.69, 9.17) is 4.74 Å². The Labute approximate surface area is 174 Å². The van der Waals surface area contributed by atoms with Crippen LogP contribution in [0.2, 0.25) is 0 Å². The molecule has 2 aliphatic rings. The summed E-state index contributed by atoms with van der Waals surface area (Å²) < 4.78 is 19.3. The van der Waals surface area contributed by atoms with Crippen LogP contribution in [0.5, 0.6) is 0 Å². The van der Waals surface area contributed by atoms with Crippen LogP contribution in [-0.2, 0) is 11.3 Å². The third kappa shape index (κ3) is 3.35. The molecule has 0 aliphatic carbocycles. The number of anilines is 1. The molecule has 30 heavy (non-hydrogen) atoms. The molecule has 2 saturated heterocycles. The van der Waals surface area contributed by atoms with Gasteiger partial charge in [-0.2, -0.15) is 5.10 Å². The molecule has 3 aromatic rings. The summed E-state index contributed by atoms with van der Waals surface area (Å²) in [4.78, 5) is 17.2. The summed E-state index contributed by atoms with van der Waals surface area (Å²) in [6.07, 6.45) is 5.16. The highest BCUT2D eigenvalue weighted by Crippen LogP contribution is 2.39. The summed E-state index contributed by atoms with van der Waals surface area (Å²) in [6.45, 7) is 2.25. The van der Waals surface area contributed by atoms with Crippen LogP contribution in [0.3, 0.4) is 0 Å². The quantitative estimate of drug-likeness (QED) is 0.706. The summed E-state index contributed by atoms with van der Waals surface area (Å²) in [6, 6.07) is 14.4. The van der Waals surface area contributed by atoms with E-state index in [2.05, 4.69) is 10.2 Å². The van der Waals surface area contributed by atoms with E-state index in [9.17, 15) is 9.18 Å². The van der Waals surface area contributed by atoms with Gasteiger partial charge in [-0.1, -0.05) is 24.3 Å². The summed E-state index contributed by atoms with van der Waals surface area (Å²) in [5.41, 5.74) is 3.40. The molecule has 0 unspecified atom stereocenters. The lowest BCUT2D eigenvalue weighted by atomic mass is 9.89. The maximum absolute atomic E-state index is 13.7. The third-order valence-electron chi connectivity index (χ3n) is 6.15. The van der Waals surface area contributed by atoms with E-state index in [-0.39, 0.29) is 17.4 Å². The largest absolute Gasteiger partial charge is 0.381 e. The first-order valence-electron chi connectivity index (χ1n) is 10.2. The molecular formula is C23H23FN4O2. The SMILES string of the molecule is O=C1N(c2ccc(-c3cn[nH]c3)cc2)CC2(CCOCC2)N1Cc1cccc(F)c1. The number of halogens is 1. The van der Waals surface area contributed by atoms with Crippen LogP contribution in [0.4, 0.5) is 14.9 Å². The van der Waals surface area contributed by atoms with Crippen molar-refractivity contribution in [1.29, 1.82) is 0 Å². The average Bonchev–Trinajstić information content (AvgIpc) is 3.39. The number of nitrogens with zero attached hydrogens (tertiary/aromatic N) is 3. The molecule has 3 heterocycles. The smallest absolute Gasteiger partial charge is 0.325 e. The fraction of sp³-hybridized carbons (Fsp3) is 0.304. The lowest BCUT2D eigenvalue weighted by Crippen LogP contribution is -2.50. The van der Waals surface area contributed by atoms with Gasteiger partial charge >= 0.3 is 6.03 Å². The molecule has 1 aromatic heterocycles. The highest BCUT2D eigenvalue weighted by Gasteiger charge is 2.50. The number of benzene rings is 2. The van der Waals surface area contributed by atoms with Gasteiger partial charge in [-0.05, 0) is 48.2 Å². The van der Waals surface area contributed by atoms with E-state index in [1.165, 1.54) is 12.1 Å². The van der Waals surface area contributed by atoms with Gasteiger partial charge in [0.05, 0.1) is 18.3 Å². The molecule has 7 heteroatoms. The van der Waals surface area contributed by atoms with Crippen LogP contribution in [0, 0.1) is 5.82 Å². The fourth-order valence-corrected chi connectivity index (χ4v) is 4.47. The van der Waals surface area contributed by atoms with E-state index < -0.39 is 0 Å². The number of urea groups is 1. The predicted octanol–water partition coefficient (Wildman–Crippen LogP) is 4.21. The molecule has 1 N–H and O–H groups in total. The number of amides is 2. The number of hydrogen-bond donors (Lipinski definition) is 1. The van der Waals surface area contributed by atoms with Crippen molar-refractivity contribution < 1.29 is 13.9 Å². The van der Waals surface area contributed by atoms with Crippen molar-refractivity contribution in [1.82, 2.24) is 15.1 Å². The second kappa shape index (κ2) is 7.57. The van der Waals surface area contributed by atoms with Crippen molar-refractivity contribution in [3.8, 4) is 11.1 Å². The molecule has 2 aliphatic heterocycles. The van der Waals surface area contributed by atoms with Crippen molar-refractivity contribution in [2.45, 2.75) is 24.9 Å². The van der Waals surface area contributed by atoms with E-state index in [0.717, 1.165) is 35.2 Å². The highest BCUT2D eigenvalue weighted by molar-refractivity contribution is 5.95. The Kier molecular flexibility index (Phi) is 4.75. The molecule has 154 valence electrons. The van der Waals surface area contributed by atoms with E-state index in [1.54, 1.807) is 12.3 Å². The van der Waals surface area contributed by atoms with Crippen LogP contribution in [0.1, 0.15) is 18.4 Å². The molecule has 0 atom stereocenters. The van der Waals surface area contributed by atoms with Gasteiger partial charge in [-0.15, -0.1) is 0 Å². The summed E-state index contributed by atoms with van der Waals surface area (Å²) in [5, 5.41) is 6.81. The van der Waals surface area contributed by atoms with Gasteiger partial charge in [-0.3, -0.25) is 10.00 Å². The van der Waals surface area contributed by atoms with Crippen molar-refractivity contribution in [3.63, 3.8) is 0 Å².